The highest BCUT2D eigenvalue weighted by Gasteiger charge is 2.35. The summed E-state index contributed by atoms with van der Waals surface area (Å²) in [5.41, 5.74) is 5.55. The maximum absolute atomic E-state index is 13.0. The van der Waals surface area contributed by atoms with Crippen LogP contribution in [0, 0.1) is 6.92 Å². The van der Waals surface area contributed by atoms with Crippen molar-refractivity contribution >= 4 is 44.8 Å². The number of H-pyrrole nitrogens is 1. The summed E-state index contributed by atoms with van der Waals surface area (Å²) in [5.74, 6) is -0.705. The second-order valence-corrected chi connectivity index (χ2v) is 8.34. The topological polar surface area (TPSA) is 70.1 Å². The molecule has 0 saturated carbocycles. The van der Waals surface area contributed by atoms with E-state index in [-0.39, 0.29) is 11.8 Å². The van der Waals surface area contributed by atoms with Gasteiger partial charge in [0.2, 0.25) is 0 Å². The fourth-order valence-corrected chi connectivity index (χ4v) is 4.34. The molecule has 4 aromatic rings. The number of benzene rings is 2. The van der Waals surface area contributed by atoms with Crippen LogP contribution in [-0.4, -0.2) is 46.9 Å². The lowest BCUT2D eigenvalue weighted by molar-refractivity contribution is -0.122. The van der Waals surface area contributed by atoms with Gasteiger partial charge in [-0.3, -0.25) is 14.9 Å². The maximum atomic E-state index is 13.0. The molecule has 2 aromatic heterocycles. The number of hydrogen-bond donors (Lipinski definition) is 2. The first-order valence-electron chi connectivity index (χ1n) is 10.3. The van der Waals surface area contributed by atoms with Gasteiger partial charge < -0.3 is 14.5 Å². The third kappa shape index (κ3) is 3.16. The van der Waals surface area contributed by atoms with E-state index in [4.69, 9.17) is 0 Å². The standard InChI is InChI=1S/C25H24N4O2/c1-15-8-9-17-19(14-29(21(17)12-15)11-10-28(2)3)23-22(24(30)27-25(23)31)18-13-26-20-7-5-4-6-16(18)20/h4-9,12-14,26H,10-11H2,1-3H3,(H,27,30,31). The van der Waals surface area contributed by atoms with Crippen LogP contribution < -0.4 is 5.32 Å². The van der Waals surface area contributed by atoms with Gasteiger partial charge in [0.1, 0.15) is 0 Å². The number of carbonyl (C=O) groups excluding carboxylic acids is 2. The summed E-state index contributed by atoms with van der Waals surface area (Å²) in [5, 5.41) is 4.42. The van der Waals surface area contributed by atoms with Crippen molar-refractivity contribution in [2.24, 2.45) is 0 Å². The molecular formula is C25H24N4O2. The Hall–Kier alpha value is -3.64. The molecule has 0 saturated heterocycles. The minimum absolute atomic E-state index is 0.350. The highest BCUT2D eigenvalue weighted by atomic mass is 16.2. The number of para-hydroxylation sites is 1. The highest BCUT2D eigenvalue weighted by Crippen LogP contribution is 2.38. The monoisotopic (exact) mass is 412 g/mol. The minimum Gasteiger partial charge on any atom is -0.361 e. The van der Waals surface area contributed by atoms with Gasteiger partial charge in [-0.15, -0.1) is 0 Å². The van der Waals surface area contributed by atoms with Gasteiger partial charge in [0.15, 0.2) is 0 Å². The van der Waals surface area contributed by atoms with Crippen molar-refractivity contribution in [3.63, 3.8) is 0 Å². The third-order valence-electron chi connectivity index (χ3n) is 5.88. The van der Waals surface area contributed by atoms with Gasteiger partial charge in [0.25, 0.3) is 11.8 Å². The van der Waals surface area contributed by atoms with Crippen molar-refractivity contribution in [2.45, 2.75) is 13.5 Å². The van der Waals surface area contributed by atoms with Crippen LogP contribution in [0.1, 0.15) is 16.7 Å². The van der Waals surface area contributed by atoms with Crippen molar-refractivity contribution in [1.82, 2.24) is 19.8 Å². The average Bonchev–Trinajstić information content (AvgIpc) is 3.39. The first-order valence-corrected chi connectivity index (χ1v) is 10.3. The van der Waals surface area contributed by atoms with E-state index in [2.05, 4.69) is 32.8 Å². The molecule has 0 atom stereocenters. The molecule has 0 unspecified atom stereocenters. The van der Waals surface area contributed by atoms with Crippen LogP contribution in [0.2, 0.25) is 0 Å². The summed E-state index contributed by atoms with van der Waals surface area (Å²) >= 11 is 0. The molecule has 2 amide bonds. The van der Waals surface area contributed by atoms with E-state index in [0.29, 0.717) is 11.1 Å². The first kappa shape index (κ1) is 19.3. The number of rotatable bonds is 5. The molecule has 1 aliphatic heterocycles. The van der Waals surface area contributed by atoms with Crippen LogP contribution in [0.4, 0.5) is 0 Å². The number of likely N-dealkylation sites (N-methyl/N-ethyl adjacent to an activating group) is 1. The zero-order valence-corrected chi connectivity index (χ0v) is 17.8. The third-order valence-corrected chi connectivity index (χ3v) is 5.88. The molecule has 0 radical (unpaired) electrons. The summed E-state index contributed by atoms with van der Waals surface area (Å²) in [6.07, 6.45) is 3.82. The van der Waals surface area contributed by atoms with Crippen LogP contribution in [0.5, 0.6) is 0 Å². The molecule has 6 heteroatoms. The fourth-order valence-electron chi connectivity index (χ4n) is 4.34. The molecule has 2 aromatic carbocycles. The normalized spacial score (nSPS) is 14.5. The Labute approximate surface area is 180 Å². The lowest BCUT2D eigenvalue weighted by Crippen LogP contribution is -2.22. The van der Waals surface area contributed by atoms with Crippen molar-refractivity contribution in [2.75, 3.05) is 20.6 Å². The summed E-state index contributed by atoms with van der Waals surface area (Å²) in [6, 6.07) is 14.0. The molecule has 0 spiro atoms. The zero-order chi connectivity index (χ0) is 21.7. The highest BCUT2D eigenvalue weighted by molar-refractivity contribution is 6.50. The van der Waals surface area contributed by atoms with E-state index >= 15 is 0 Å². The number of fused-ring (bicyclic) bond motifs is 2. The number of aryl methyl sites for hydroxylation is 1. The smallest absolute Gasteiger partial charge is 0.259 e. The number of nitrogens with one attached hydrogen (secondary N) is 2. The number of aromatic amines is 1. The van der Waals surface area contributed by atoms with Crippen LogP contribution in [0.25, 0.3) is 33.0 Å². The van der Waals surface area contributed by atoms with Gasteiger partial charge in [-0.1, -0.05) is 30.3 Å². The molecule has 0 aliphatic carbocycles. The molecule has 156 valence electrons. The average molecular weight is 412 g/mol. The molecule has 1 aliphatic rings. The summed E-state index contributed by atoms with van der Waals surface area (Å²) < 4.78 is 2.17. The second-order valence-electron chi connectivity index (χ2n) is 8.34. The maximum Gasteiger partial charge on any atom is 0.259 e. The van der Waals surface area contributed by atoms with Crippen molar-refractivity contribution in [3.8, 4) is 0 Å². The Morgan fingerprint density at radius 3 is 2.45 bits per heavy atom. The van der Waals surface area contributed by atoms with E-state index in [1.54, 1.807) is 0 Å². The Bertz CT molecular complexity index is 1390. The summed E-state index contributed by atoms with van der Waals surface area (Å²) in [4.78, 5) is 31.2. The largest absolute Gasteiger partial charge is 0.361 e. The van der Waals surface area contributed by atoms with Gasteiger partial charge >= 0.3 is 0 Å². The van der Waals surface area contributed by atoms with Crippen molar-refractivity contribution in [1.29, 1.82) is 0 Å². The molecule has 2 N–H and O–H groups in total. The number of carbonyl (C=O) groups is 2. The van der Waals surface area contributed by atoms with Gasteiger partial charge in [-0.05, 0) is 38.7 Å². The molecule has 5 rings (SSSR count). The molecular weight excluding hydrogens is 388 g/mol. The van der Waals surface area contributed by atoms with Crippen LogP contribution >= 0.6 is 0 Å². The SMILES string of the molecule is Cc1ccc2c(C3=C(c4c[nH]c5ccccc45)C(=O)NC3=O)cn(CCN(C)C)c2c1. The number of amides is 2. The van der Waals surface area contributed by atoms with E-state index in [1.165, 1.54) is 0 Å². The van der Waals surface area contributed by atoms with Crippen LogP contribution in [0.15, 0.2) is 54.9 Å². The Morgan fingerprint density at radius 1 is 0.935 bits per heavy atom. The van der Waals surface area contributed by atoms with E-state index in [9.17, 15) is 9.59 Å². The van der Waals surface area contributed by atoms with Crippen molar-refractivity contribution in [3.05, 3.63) is 71.5 Å². The number of nitrogens with zero attached hydrogens (tertiary/aromatic N) is 2. The fraction of sp³-hybridized carbons (Fsp3) is 0.200. The van der Waals surface area contributed by atoms with Crippen LogP contribution in [-0.2, 0) is 16.1 Å². The lowest BCUT2D eigenvalue weighted by atomic mass is 9.95. The molecule has 6 nitrogen and oxygen atoms in total. The predicted molar refractivity (Wildman–Crippen MR) is 123 cm³/mol. The Balaban J connectivity index is 1.77. The second kappa shape index (κ2) is 7.25. The zero-order valence-electron chi connectivity index (χ0n) is 17.8. The van der Waals surface area contributed by atoms with Gasteiger partial charge in [-0.2, -0.15) is 0 Å². The molecule has 0 fully saturated rings. The van der Waals surface area contributed by atoms with E-state index < -0.39 is 0 Å². The summed E-state index contributed by atoms with van der Waals surface area (Å²) in [7, 11) is 4.08. The lowest BCUT2D eigenvalue weighted by Gasteiger charge is -2.11. The van der Waals surface area contributed by atoms with Gasteiger partial charge in [-0.25, -0.2) is 0 Å². The van der Waals surface area contributed by atoms with Crippen LogP contribution in [0.3, 0.4) is 0 Å². The van der Waals surface area contributed by atoms with Crippen molar-refractivity contribution < 1.29 is 9.59 Å². The summed E-state index contributed by atoms with van der Waals surface area (Å²) in [6.45, 7) is 3.72. The van der Waals surface area contributed by atoms with E-state index in [0.717, 1.165) is 51.6 Å². The Morgan fingerprint density at radius 2 is 1.68 bits per heavy atom. The molecule has 31 heavy (non-hydrogen) atoms. The minimum atomic E-state index is -0.356. The van der Waals surface area contributed by atoms with E-state index in [1.807, 2.05) is 62.9 Å². The molecule has 0 bridgehead atoms. The van der Waals surface area contributed by atoms with Gasteiger partial charge in [0, 0.05) is 58.4 Å². The number of hydrogen-bond acceptors (Lipinski definition) is 3. The number of imide groups is 1. The first-order chi connectivity index (χ1) is 14.9. The number of aromatic nitrogens is 2. The van der Waals surface area contributed by atoms with Gasteiger partial charge in [0.05, 0.1) is 11.1 Å². The Kier molecular flexibility index (Phi) is 4.52. The quantitative estimate of drug-likeness (QED) is 0.493. The predicted octanol–water partition coefficient (Wildman–Crippen LogP) is 3.56. The molecule has 3 heterocycles.